The van der Waals surface area contributed by atoms with Gasteiger partial charge in [-0.3, -0.25) is 0 Å². The lowest BCUT2D eigenvalue weighted by molar-refractivity contribution is -0.561. The highest BCUT2D eigenvalue weighted by Gasteiger charge is 2.52. The van der Waals surface area contributed by atoms with Gasteiger partial charge in [-0.15, -0.1) is 0 Å². The molecule has 0 radical (unpaired) electrons. The summed E-state index contributed by atoms with van der Waals surface area (Å²) in [5, 5.41) is 0. The van der Waals surface area contributed by atoms with Crippen LogP contribution >= 0.6 is 0 Å². The minimum Gasteiger partial charge on any atom is -0.198 e. The van der Waals surface area contributed by atoms with Crippen LogP contribution in [0, 0.1) is 33.6 Å². The third-order valence-corrected chi connectivity index (χ3v) is 8.80. The standard InChI is InChI=1S/C34H37N2/c1-24-14-11-12-21-30(24)36-27(4)32-34(28-17-7-5-8-18-28,29-19-9-6-10-20-29)22-23-35(32)33(36)31-25(2)15-13-16-26(31)3/h5,7-8,11-18,21-23,29H,6,9-10,19-20H2,1-4H3/q+1. The number of fused-ring (bicyclic) bond motifs is 1. The summed E-state index contributed by atoms with van der Waals surface area (Å²) in [4.78, 5) is 0. The van der Waals surface area contributed by atoms with Gasteiger partial charge < -0.3 is 0 Å². The van der Waals surface area contributed by atoms with Gasteiger partial charge in [0.1, 0.15) is 5.69 Å². The second-order valence-corrected chi connectivity index (χ2v) is 10.9. The number of imidazole rings is 1. The van der Waals surface area contributed by atoms with E-state index < -0.39 is 0 Å². The van der Waals surface area contributed by atoms with E-state index in [1.807, 2.05) is 0 Å². The monoisotopic (exact) mass is 473 g/mol. The third-order valence-electron chi connectivity index (χ3n) is 8.80. The van der Waals surface area contributed by atoms with Gasteiger partial charge in [-0.05, 0) is 73.9 Å². The average Bonchev–Trinajstić information content (AvgIpc) is 3.43. The van der Waals surface area contributed by atoms with Crippen LogP contribution in [-0.4, -0.2) is 4.57 Å². The number of allylic oxidation sites excluding steroid dienone is 1. The highest BCUT2D eigenvalue weighted by atomic mass is 15.2. The van der Waals surface area contributed by atoms with Crippen molar-refractivity contribution in [2.75, 3.05) is 0 Å². The Kier molecular flexibility index (Phi) is 5.71. The van der Waals surface area contributed by atoms with Crippen molar-refractivity contribution >= 4 is 6.20 Å². The number of aromatic nitrogens is 2. The summed E-state index contributed by atoms with van der Waals surface area (Å²) in [5.74, 6) is 1.88. The van der Waals surface area contributed by atoms with E-state index >= 15 is 0 Å². The van der Waals surface area contributed by atoms with Crippen molar-refractivity contribution in [3.8, 4) is 17.1 Å². The molecule has 1 unspecified atom stereocenters. The molecule has 0 saturated heterocycles. The van der Waals surface area contributed by atoms with Crippen LogP contribution in [0.15, 0.2) is 78.9 Å². The molecule has 1 saturated carbocycles. The number of benzene rings is 3. The van der Waals surface area contributed by atoms with E-state index in [0.29, 0.717) is 5.92 Å². The van der Waals surface area contributed by atoms with Crippen molar-refractivity contribution in [2.24, 2.45) is 5.92 Å². The summed E-state index contributed by atoms with van der Waals surface area (Å²) in [6, 6.07) is 26.8. The molecule has 2 nitrogen and oxygen atoms in total. The van der Waals surface area contributed by atoms with Gasteiger partial charge in [-0.2, -0.15) is 9.13 Å². The van der Waals surface area contributed by atoms with Gasteiger partial charge in [0, 0.05) is 6.92 Å². The minimum atomic E-state index is -0.106. The zero-order chi connectivity index (χ0) is 24.9. The Balaban J connectivity index is 1.73. The molecule has 1 aromatic heterocycles. The Morgan fingerprint density at radius 2 is 1.36 bits per heavy atom. The number of hydrogen-bond donors (Lipinski definition) is 0. The molecule has 0 bridgehead atoms. The predicted molar refractivity (Wildman–Crippen MR) is 149 cm³/mol. The summed E-state index contributed by atoms with van der Waals surface area (Å²) >= 11 is 0. The van der Waals surface area contributed by atoms with Crippen LogP contribution in [0.3, 0.4) is 0 Å². The summed E-state index contributed by atoms with van der Waals surface area (Å²) in [6.45, 7) is 9.09. The van der Waals surface area contributed by atoms with E-state index in [-0.39, 0.29) is 5.41 Å². The number of rotatable bonds is 4. The average molecular weight is 474 g/mol. The summed E-state index contributed by atoms with van der Waals surface area (Å²) in [6.07, 6.45) is 11.5. The Morgan fingerprint density at radius 1 is 0.722 bits per heavy atom. The van der Waals surface area contributed by atoms with Gasteiger partial charge in [0.25, 0.3) is 5.82 Å². The minimum absolute atomic E-state index is 0.106. The molecule has 3 aromatic carbocycles. The normalized spacial score (nSPS) is 19.6. The number of para-hydroxylation sites is 1. The molecule has 0 N–H and O–H groups in total. The van der Waals surface area contributed by atoms with Crippen LogP contribution in [0.4, 0.5) is 0 Å². The molecule has 0 amide bonds. The van der Waals surface area contributed by atoms with Crippen molar-refractivity contribution in [2.45, 2.75) is 65.2 Å². The summed E-state index contributed by atoms with van der Waals surface area (Å²) < 4.78 is 5.09. The fourth-order valence-electron chi connectivity index (χ4n) is 7.15. The summed E-state index contributed by atoms with van der Waals surface area (Å²) in [7, 11) is 0. The quantitative estimate of drug-likeness (QED) is 0.265. The fourth-order valence-corrected chi connectivity index (χ4v) is 7.15. The second-order valence-electron chi connectivity index (χ2n) is 10.9. The van der Waals surface area contributed by atoms with Gasteiger partial charge in [-0.25, -0.2) is 0 Å². The highest BCUT2D eigenvalue weighted by Crippen LogP contribution is 2.50. The first kappa shape index (κ1) is 23.0. The molecular weight excluding hydrogens is 436 g/mol. The molecule has 0 spiro atoms. The smallest absolute Gasteiger partial charge is 0.198 e. The van der Waals surface area contributed by atoms with Gasteiger partial charge in [0.05, 0.1) is 17.2 Å². The van der Waals surface area contributed by atoms with Crippen LogP contribution < -0.4 is 4.57 Å². The molecule has 1 aliphatic carbocycles. The van der Waals surface area contributed by atoms with Crippen LogP contribution in [0.25, 0.3) is 23.3 Å². The lowest BCUT2D eigenvalue weighted by Crippen LogP contribution is -2.41. The second kappa shape index (κ2) is 8.92. The first-order chi connectivity index (χ1) is 17.5. The number of hydrogen-bond acceptors (Lipinski definition) is 0. The van der Waals surface area contributed by atoms with Crippen molar-refractivity contribution in [1.29, 1.82) is 0 Å². The number of nitrogens with zero attached hydrogens (tertiary/aromatic N) is 2. The molecule has 4 aromatic rings. The van der Waals surface area contributed by atoms with Crippen molar-refractivity contribution in [3.63, 3.8) is 0 Å². The van der Waals surface area contributed by atoms with E-state index in [9.17, 15) is 0 Å². The lowest BCUT2D eigenvalue weighted by Gasteiger charge is -2.37. The van der Waals surface area contributed by atoms with E-state index in [4.69, 9.17) is 0 Å². The predicted octanol–water partition coefficient (Wildman–Crippen LogP) is 8.02. The Hall–Kier alpha value is -3.39. The van der Waals surface area contributed by atoms with Crippen LogP contribution in [0.1, 0.15) is 65.7 Å². The van der Waals surface area contributed by atoms with E-state index in [1.165, 1.54) is 82.8 Å². The van der Waals surface area contributed by atoms with Crippen LogP contribution in [0.5, 0.6) is 0 Å². The fraction of sp³-hybridized carbons (Fsp3) is 0.324. The first-order valence-corrected chi connectivity index (χ1v) is 13.6. The Labute approximate surface area is 215 Å². The molecule has 6 rings (SSSR count). The van der Waals surface area contributed by atoms with Crippen molar-refractivity contribution in [1.82, 2.24) is 4.57 Å². The molecule has 1 aliphatic heterocycles. The Morgan fingerprint density at radius 3 is 2.06 bits per heavy atom. The molecule has 2 aliphatic rings. The van der Waals surface area contributed by atoms with Gasteiger partial charge in [0.2, 0.25) is 0 Å². The first-order valence-electron chi connectivity index (χ1n) is 13.6. The molecule has 36 heavy (non-hydrogen) atoms. The largest absolute Gasteiger partial charge is 0.299 e. The third kappa shape index (κ3) is 3.34. The SMILES string of the molecule is Cc1ccccc1-n1c(C)c2[n+](c1-c1c(C)cccc1C)C=CC2(c1ccccc1)C1CCCCC1. The zero-order valence-electron chi connectivity index (χ0n) is 22.1. The molecule has 2 heteroatoms. The molecular formula is C34H37N2+. The van der Waals surface area contributed by atoms with Crippen molar-refractivity contribution in [3.05, 3.63) is 113 Å². The number of aryl methyl sites for hydroxylation is 3. The van der Waals surface area contributed by atoms with E-state index in [1.54, 1.807) is 0 Å². The highest BCUT2D eigenvalue weighted by molar-refractivity contribution is 5.68. The van der Waals surface area contributed by atoms with E-state index in [0.717, 1.165) is 0 Å². The molecule has 1 fully saturated rings. The maximum absolute atomic E-state index is 2.55. The van der Waals surface area contributed by atoms with Crippen LogP contribution in [-0.2, 0) is 5.41 Å². The molecule has 182 valence electrons. The van der Waals surface area contributed by atoms with Gasteiger partial charge in [-0.1, -0.05) is 86.0 Å². The van der Waals surface area contributed by atoms with Gasteiger partial charge in [0.15, 0.2) is 11.4 Å². The van der Waals surface area contributed by atoms with Crippen molar-refractivity contribution < 1.29 is 4.57 Å². The Bertz CT molecular complexity index is 1430. The van der Waals surface area contributed by atoms with E-state index in [2.05, 4.69) is 122 Å². The van der Waals surface area contributed by atoms with Gasteiger partial charge >= 0.3 is 0 Å². The van der Waals surface area contributed by atoms with Crippen LogP contribution in [0.2, 0.25) is 0 Å². The maximum Gasteiger partial charge on any atom is 0.299 e. The zero-order valence-corrected chi connectivity index (χ0v) is 22.1. The maximum atomic E-state index is 2.55. The topological polar surface area (TPSA) is 8.81 Å². The molecule has 1 atom stereocenters. The summed E-state index contributed by atoms with van der Waals surface area (Å²) in [5.41, 5.74) is 10.7. The lowest BCUT2D eigenvalue weighted by atomic mass is 9.63. The molecule has 2 heterocycles.